The number of nitrogens with zero attached hydrogens (tertiary/aromatic N) is 4. The van der Waals surface area contributed by atoms with E-state index in [0.29, 0.717) is 18.0 Å². The van der Waals surface area contributed by atoms with Gasteiger partial charge in [0, 0.05) is 47.9 Å². The maximum Gasteiger partial charge on any atom is 0.224 e. The second-order valence-electron chi connectivity index (χ2n) is 11.3. The van der Waals surface area contributed by atoms with Gasteiger partial charge in [-0.3, -0.25) is 9.69 Å². The van der Waals surface area contributed by atoms with Crippen molar-refractivity contribution < 1.29 is 9.90 Å². The lowest BCUT2D eigenvalue weighted by molar-refractivity contribution is -0.123. The Morgan fingerprint density at radius 3 is 2.50 bits per heavy atom. The van der Waals surface area contributed by atoms with Gasteiger partial charge in [0.25, 0.3) is 0 Å². The number of rotatable bonds is 9. The molecule has 0 spiro atoms. The lowest BCUT2D eigenvalue weighted by Crippen LogP contribution is -2.38. The van der Waals surface area contributed by atoms with E-state index in [0.717, 1.165) is 93.2 Å². The average Bonchev–Trinajstić information content (AvgIpc) is 3.29. The van der Waals surface area contributed by atoms with Gasteiger partial charge in [0.05, 0.1) is 6.10 Å². The molecular weight excluding hydrogens is 476 g/mol. The first-order valence-electron chi connectivity index (χ1n) is 14.3. The van der Waals surface area contributed by atoms with Gasteiger partial charge in [-0.2, -0.15) is 4.98 Å². The number of aliphatic hydroxyl groups is 1. The van der Waals surface area contributed by atoms with E-state index in [2.05, 4.69) is 64.1 Å². The van der Waals surface area contributed by atoms with Gasteiger partial charge in [-0.25, -0.2) is 4.98 Å². The number of aliphatic hydroxyl groups excluding tert-OH is 1. The van der Waals surface area contributed by atoms with E-state index >= 15 is 0 Å². The first-order valence-corrected chi connectivity index (χ1v) is 14.3. The summed E-state index contributed by atoms with van der Waals surface area (Å²) in [5, 5.41) is 14.6. The quantitative estimate of drug-likeness (QED) is 0.373. The predicted octanol–water partition coefficient (Wildman–Crippen LogP) is 4.87. The van der Waals surface area contributed by atoms with Gasteiger partial charge >= 0.3 is 0 Å². The van der Waals surface area contributed by atoms with Crippen LogP contribution in [0.4, 0.5) is 5.95 Å². The number of anilines is 1. The van der Waals surface area contributed by atoms with Gasteiger partial charge in [-0.1, -0.05) is 37.6 Å². The highest BCUT2D eigenvalue weighted by molar-refractivity contribution is 5.94. The zero-order valence-corrected chi connectivity index (χ0v) is 22.8. The summed E-state index contributed by atoms with van der Waals surface area (Å²) in [5.41, 5.74) is 10.0. The molecule has 0 bridgehead atoms. The SMILES string of the molecule is CCCC(C)Nc1ncc2c(-c3ccc(CN4CCC(C(N)=O)CC4)cc3)cn(C3CCC(O)CC3)c2n1. The molecule has 1 atom stereocenters. The molecule has 2 aromatic heterocycles. The summed E-state index contributed by atoms with van der Waals surface area (Å²) in [4.78, 5) is 23.5. The van der Waals surface area contributed by atoms with Crippen molar-refractivity contribution in [2.75, 3.05) is 18.4 Å². The molecule has 1 amide bonds. The summed E-state index contributed by atoms with van der Waals surface area (Å²) >= 11 is 0. The molecule has 3 aromatic rings. The topological polar surface area (TPSA) is 109 Å². The van der Waals surface area contributed by atoms with Crippen LogP contribution in [0.5, 0.6) is 0 Å². The predicted molar refractivity (Wildman–Crippen MR) is 152 cm³/mol. The number of primary amides is 1. The van der Waals surface area contributed by atoms with Crippen molar-refractivity contribution in [3.8, 4) is 11.1 Å². The van der Waals surface area contributed by atoms with E-state index in [9.17, 15) is 9.90 Å². The standard InChI is InChI=1S/C30H42N6O2/c1-3-4-20(2)33-30-32-17-26-27(19-36(29(26)34-30)24-9-11-25(37)12-10-24)22-7-5-21(6-8-22)18-35-15-13-23(14-16-35)28(31)38/h5-8,17,19-20,23-25,37H,3-4,9-16,18H2,1-2H3,(H2,31,38)(H,32,33,34). The molecule has 1 aliphatic heterocycles. The number of likely N-dealkylation sites (tertiary alicyclic amines) is 1. The summed E-state index contributed by atoms with van der Waals surface area (Å²) in [5.74, 6) is 0.529. The van der Waals surface area contributed by atoms with Crippen LogP contribution in [-0.4, -0.2) is 55.7 Å². The van der Waals surface area contributed by atoms with Gasteiger partial charge < -0.3 is 20.7 Å². The van der Waals surface area contributed by atoms with E-state index < -0.39 is 0 Å². The van der Waals surface area contributed by atoms with E-state index in [1.54, 1.807) is 0 Å². The number of amides is 1. The number of hydrogen-bond acceptors (Lipinski definition) is 6. The molecule has 1 aliphatic carbocycles. The summed E-state index contributed by atoms with van der Waals surface area (Å²) in [6, 6.07) is 9.46. The fraction of sp³-hybridized carbons (Fsp3) is 0.567. The number of carbonyl (C=O) groups excluding carboxylic acids is 1. The molecule has 5 rings (SSSR count). The first kappa shape index (κ1) is 26.6. The Labute approximate surface area is 225 Å². The van der Waals surface area contributed by atoms with Gasteiger partial charge in [0.2, 0.25) is 11.9 Å². The zero-order chi connectivity index (χ0) is 26.6. The van der Waals surface area contributed by atoms with E-state index in [4.69, 9.17) is 10.7 Å². The van der Waals surface area contributed by atoms with Gasteiger partial charge in [-0.15, -0.1) is 0 Å². The molecule has 8 nitrogen and oxygen atoms in total. The van der Waals surface area contributed by atoms with Gasteiger partial charge in [0.15, 0.2) is 0 Å². The minimum Gasteiger partial charge on any atom is -0.393 e. The zero-order valence-electron chi connectivity index (χ0n) is 22.8. The van der Waals surface area contributed by atoms with Crippen LogP contribution in [0.2, 0.25) is 0 Å². The van der Waals surface area contributed by atoms with Crippen molar-refractivity contribution in [1.82, 2.24) is 19.4 Å². The summed E-state index contributed by atoms with van der Waals surface area (Å²) in [6.45, 7) is 7.05. The van der Waals surface area contributed by atoms with Crippen molar-refractivity contribution >= 4 is 22.9 Å². The highest BCUT2D eigenvalue weighted by atomic mass is 16.3. The highest BCUT2D eigenvalue weighted by Gasteiger charge is 2.25. The van der Waals surface area contributed by atoms with Crippen LogP contribution in [0.1, 0.15) is 76.8 Å². The Morgan fingerprint density at radius 1 is 1.13 bits per heavy atom. The van der Waals surface area contributed by atoms with Crippen LogP contribution in [-0.2, 0) is 11.3 Å². The van der Waals surface area contributed by atoms with Crippen LogP contribution in [0.15, 0.2) is 36.7 Å². The number of nitrogens with two attached hydrogens (primary N) is 1. The van der Waals surface area contributed by atoms with Crippen molar-refractivity contribution in [1.29, 1.82) is 0 Å². The molecule has 1 unspecified atom stereocenters. The van der Waals surface area contributed by atoms with Gasteiger partial charge in [-0.05, 0) is 76.1 Å². The van der Waals surface area contributed by atoms with Crippen LogP contribution in [0.25, 0.3) is 22.2 Å². The van der Waals surface area contributed by atoms with Crippen LogP contribution >= 0.6 is 0 Å². The monoisotopic (exact) mass is 518 g/mol. The molecule has 2 fully saturated rings. The molecular formula is C30H42N6O2. The third-order valence-corrected chi connectivity index (χ3v) is 8.39. The van der Waals surface area contributed by atoms with E-state index in [1.165, 1.54) is 5.56 Å². The lowest BCUT2D eigenvalue weighted by atomic mass is 9.93. The van der Waals surface area contributed by atoms with E-state index in [1.807, 2.05) is 6.20 Å². The Kier molecular flexibility index (Phi) is 8.29. The van der Waals surface area contributed by atoms with Crippen LogP contribution < -0.4 is 11.1 Å². The van der Waals surface area contributed by atoms with Crippen LogP contribution in [0, 0.1) is 5.92 Å². The third kappa shape index (κ3) is 6.02. The Hall–Kier alpha value is -2.97. The Bertz CT molecular complexity index is 1220. The second kappa shape index (κ2) is 11.8. The number of carbonyl (C=O) groups is 1. The normalized spacial score (nSPS) is 22.0. The summed E-state index contributed by atoms with van der Waals surface area (Å²) in [6.07, 6.45) is 11.5. The number of benzene rings is 1. The Balaban J connectivity index is 1.38. The molecule has 8 heteroatoms. The summed E-state index contributed by atoms with van der Waals surface area (Å²) in [7, 11) is 0. The molecule has 4 N–H and O–H groups in total. The third-order valence-electron chi connectivity index (χ3n) is 8.39. The largest absolute Gasteiger partial charge is 0.393 e. The number of nitrogens with one attached hydrogen (secondary N) is 1. The van der Waals surface area contributed by atoms with Crippen molar-refractivity contribution in [3.05, 3.63) is 42.2 Å². The summed E-state index contributed by atoms with van der Waals surface area (Å²) < 4.78 is 2.32. The Morgan fingerprint density at radius 2 is 1.84 bits per heavy atom. The molecule has 204 valence electrons. The number of fused-ring (bicyclic) bond motifs is 1. The minimum absolute atomic E-state index is 0.0196. The molecule has 2 aliphatic rings. The highest BCUT2D eigenvalue weighted by Crippen LogP contribution is 2.37. The number of piperidine rings is 1. The average molecular weight is 519 g/mol. The van der Waals surface area contributed by atoms with Crippen molar-refractivity contribution in [2.24, 2.45) is 11.7 Å². The fourth-order valence-electron chi connectivity index (χ4n) is 6.09. The van der Waals surface area contributed by atoms with Gasteiger partial charge in [0.1, 0.15) is 5.65 Å². The smallest absolute Gasteiger partial charge is 0.224 e. The number of hydrogen-bond donors (Lipinski definition) is 3. The second-order valence-corrected chi connectivity index (χ2v) is 11.3. The lowest BCUT2D eigenvalue weighted by Gasteiger charge is -2.30. The molecule has 1 saturated heterocycles. The van der Waals surface area contributed by atoms with Crippen molar-refractivity contribution in [2.45, 2.75) is 89.9 Å². The first-order chi connectivity index (χ1) is 18.4. The maximum atomic E-state index is 11.5. The fourth-order valence-corrected chi connectivity index (χ4v) is 6.09. The molecule has 38 heavy (non-hydrogen) atoms. The molecule has 0 radical (unpaired) electrons. The maximum absolute atomic E-state index is 11.5. The van der Waals surface area contributed by atoms with Crippen molar-refractivity contribution in [3.63, 3.8) is 0 Å². The minimum atomic E-state index is -0.191. The molecule has 1 aromatic carbocycles. The number of aromatic nitrogens is 3. The molecule has 1 saturated carbocycles. The molecule has 3 heterocycles. The van der Waals surface area contributed by atoms with Crippen LogP contribution in [0.3, 0.4) is 0 Å². The van der Waals surface area contributed by atoms with E-state index in [-0.39, 0.29) is 17.9 Å².